The maximum absolute atomic E-state index is 12.1. The highest BCUT2D eigenvalue weighted by atomic mass is 16.6. The van der Waals surface area contributed by atoms with Crippen LogP contribution in [0.2, 0.25) is 0 Å². The van der Waals surface area contributed by atoms with Crippen LogP contribution in [0.3, 0.4) is 0 Å². The summed E-state index contributed by atoms with van der Waals surface area (Å²) in [7, 11) is 1.73. The summed E-state index contributed by atoms with van der Waals surface area (Å²) in [5.74, 6) is -0.318. The van der Waals surface area contributed by atoms with Crippen molar-refractivity contribution < 1.29 is 19.0 Å². The molecule has 1 aromatic rings. The number of hydrogen-bond donors (Lipinski definition) is 1. The van der Waals surface area contributed by atoms with Crippen LogP contribution in [0.15, 0.2) is 20.9 Å². The topological polar surface area (TPSA) is 148 Å². The number of esters is 1. The second-order valence-electron chi connectivity index (χ2n) is 8.72. The molecule has 2 rings (SSSR count). The summed E-state index contributed by atoms with van der Waals surface area (Å²) in [6, 6.07) is -0.587. The lowest BCUT2D eigenvalue weighted by atomic mass is 10.1. The Bertz CT molecular complexity index is 923. The largest absolute Gasteiger partial charge is 0.463 e. The van der Waals surface area contributed by atoms with Crippen molar-refractivity contribution in [2.24, 2.45) is 5.11 Å². The maximum atomic E-state index is 12.1. The number of ether oxygens (including phenoxy) is 3. The van der Waals surface area contributed by atoms with E-state index in [-0.39, 0.29) is 19.0 Å². The number of methoxy groups -OCH3 is 1. The molecule has 0 bridgehead atoms. The van der Waals surface area contributed by atoms with Crippen molar-refractivity contribution in [1.29, 1.82) is 0 Å². The highest BCUT2D eigenvalue weighted by Gasteiger charge is 2.37. The van der Waals surface area contributed by atoms with Crippen molar-refractivity contribution in [3.8, 4) is 0 Å². The van der Waals surface area contributed by atoms with Crippen LogP contribution < -0.4 is 11.2 Å². The molecule has 11 nitrogen and oxygen atoms in total. The molecule has 0 saturated carbocycles. The molecule has 1 fully saturated rings. The molecule has 1 aliphatic heterocycles. The number of H-pyrrole nitrogens is 1. The molecule has 0 unspecified atom stereocenters. The summed E-state index contributed by atoms with van der Waals surface area (Å²) in [5, 5.41) is 3.73. The van der Waals surface area contributed by atoms with Crippen LogP contribution in [-0.2, 0) is 19.0 Å². The Kier molecular flexibility index (Phi) is 12.4. The Labute approximate surface area is 199 Å². The Morgan fingerprint density at radius 3 is 2.47 bits per heavy atom. The lowest BCUT2D eigenvalue weighted by Crippen LogP contribution is -2.33. The third-order valence-electron chi connectivity index (χ3n) is 6.00. The highest BCUT2D eigenvalue weighted by Crippen LogP contribution is 2.30. The number of azide groups is 1. The van der Waals surface area contributed by atoms with Crippen LogP contribution in [0.25, 0.3) is 10.4 Å². The fourth-order valence-corrected chi connectivity index (χ4v) is 4.02. The zero-order chi connectivity index (χ0) is 24.8. The molecule has 2 heterocycles. The minimum Gasteiger partial charge on any atom is -0.463 e. The molecule has 0 aromatic carbocycles. The van der Waals surface area contributed by atoms with Crippen molar-refractivity contribution in [2.45, 2.75) is 95.9 Å². The van der Waals surface area contributed by atoms with Gasteiger partial charge in [-0.25, -0.2) is 4.79 Å². The molecule has 0 radical (unpaired) electrons. The lowest BCUT2D eigenvalue weighted by molar-refractivity contribution is -0.148. The van der Waals surface area contributed by atoms with Crippen LogP contribution in [0, 0.1) is 6.92 Å². The summed E-state index contributed by atoms with van der Waals surface area (Å²) >= 11 is 0. The number of rotatable bonds is 16. The van der Waals surface area contributed by atoms with Gasteiger partial charge < -0.3 is 14.2 Å². The number of hydrogen-bond acceptors (Lipinski definition) is 7. The molecule has 0 amide bonds. The van der Waals surface area contributed by atoms with E-state index in [0.29, 0.717) is 12.0 Å². The van der Waals surface area contributed by atoms with E-state index < -0.39 is 29.6 Å². The van der Waals surface area contributed by atoms with E-state index in [0.717, 1.165) is 32.3 Å². The van der Waals surface area contributed by atoms with E-state index >= 15 is 0 Å². The smallest absolute Gasteiger partial charge is 0.330 e. The molecule has 190 valence electrons. The Hall–Kier alpha value is -2.62. The zero-order valence-electron chi connectivity index (χ0n) is 20.2. The average Bonchev–Trinajstić information content (AvgIpc) is 3.21. The molecular weight excluding hydrogens is 442 g/mol. The van der Waals surface area contributed by atoms with Crippen molar-refractivity contribution in [3.05, 3.63) is 43.0 Å². The number of carbonyl (C=O) groups is 1. The first-order valence-corrected chi connectivity index (χ1v) is 12.1. The number of aromatic nitrogens is 2. The van der Waals surface area contributed by atoms with Crippen molar-refractivity contribution in [3.63, 3.8) is 0 Å². The normalized spacial score (nSPS) is 19.6. The Morgan fingerprint density at radius 2 is 1.82 bits per heavy atom. The maximum Gasteiger partial charge on any atom is 0.330 e. The summed E-state index contributed by atoms with van der Waals surface area (Å²) < 4.78 is 17.5. The molecule has 3 atom stereocenters. The molecule has 1 aliphatic rings. The first-order valence-electron chi connectivity index (χ1n) is 12.1. The first kappa shape index (κ1) is 27.6. The minimum atomic E-state index is -0.720. The number of aryl methyl sites for hydroxylation is 1. The van der Waals surface area contributed by atoms with Gasteiger partial charge in [-0.3, -0.25) is 19.1 Å². The van der Waals surface area contributed by atoms with Crippen LogP contribution in [0.4, 0.5) is 0 Å². The molecular formula is C23H37N5O6. The first-order chi connectivity index (χ1) is 16.5. The number of aromatic amines is 1. The molecule has 11 heteroatoms. The predicted octanol–water partition coefficient (Wildman–Crippen LogP) is 3.90. The number of nitrogens with zero attached hydrogens (tertiary/aromatic N) is 4. The van der Waals surface area contributed by atoms with Crippen LogP contribution in [-0.4, -0.2) is 48.0 Å². The standard InChI is InChI=1S/C23H37N5O6/c1-17-15-28(23(31)25-22(17)30)20-14-18(26-27-24)19(34-20)16-33-21(29)12-10-8-6-4-3-5-7-9-11-13-32-2/h15,18-20H,3-14,16H2,1-2H3,(H,25,30,31)/t18-,19+,20+/m0/s1. The summed E-state index contributed by atoms with van der Waals surface area (Å²) in [6.45, 7) is 2.36. The van der Waals surface area contributed by atoms with Crippen molar-refractivity contribution >= 4 is 5.97 Å². The zero-order valence-corrected chi connectivity index (χ0v) is 20.2. The minimum absolute atomic E-state index is 0.0564. The second-order valence-corrected chi connectivity index (χ2v) is 8.72. The van der Waals surface area contributed by atoms with Gasteiger partial charge in [0.2, 0.25) is 0 Å². The molecule has 1 aromatic heterocycles. The van der Waals surface area contributed by atoms with Crippen molar-refractivity contribution in [2.75, 3.05) is 20.3 Å². The summed E-state index contributed by atoms with van der Waals surface area (Å²) in [4.78, 5) is 40.9. The Balaban J connectivity index is 1.67. The van der Waals surface area contributed by atoms with E-state index in [1.54, 1.807) is 14.0 Å². The van der Waals surface area contributed by atoms with Gasteiger partial charge in [0.1, 0.15) is 18.9 Å². The van der Waals surface area contributed by atoms with Crippen LogP contribution in [0.5, 0.6) is 0 Å². The van der Waals surface area contributed by atoms with E-state index in [1.807, 2.05) is 0 Å². The monoisotopic (exact) mass is 479 g/mol. The van der Waals surface area contributed by atoms with Crippen LogP contribution in [0.1, 0.15) is 82.4 Å². The number of carbonyl (C=O) groups excluding carboxylic acids is 1. The quantitative estimate of drug-likeness (QED) is 0.125. The SMILES string of the molecule is COCCCCCCCCCCCC(=O)OC[C@H]1O[C@@H](n2cc(C)c(=O)[nH]c2=O)C[C@@H]1N=[N+]=[N-]. The highest BCUT2D eigenvalue weighted by molar-refractivity contribution is 5.69. The molecule has 1 saturated heterocycles. The molecule has 34 heavy (non-hydrogen) atoms. The summed E-state index contributed by atoms with van der Waals surface area (Å²) in [5.41, 5.74) is 8.15. The van der Waals surface area contributed by atoms with E-state index in [9.17, 15) is 14.4 Å². The average molecular weight is 480 g/mol. The Morgan fingerprint density at radius 1 is 1.18 bits per heavy atom. The van der Waals surface area contributed by atoms with Gasteiger partial charge in [0.15, 0.2) is 0 Å². The molecule has 0 spiro atoms. The lowest BCUT2D eigenvalue weighted by Gasteiger charge is -2.17. The van der Waals surface area contributed by atoms with Gasteiger partial charge in [0.05, 0.1) is 6.04 Å². The van der Waals surface area contributed by atoms with E-state index in [2.05, 4.69) is 15.0 Å². The van der Waals surface area contributed by atoms with Gasteiger partial charge in [-0.2, -0.15) is 0 Å². The van der Waals surface area contributed by atoms with Gasteiger partial charge in [-0.1, -0.05) is 50.1 Å². The third kappa shape index (κ3) is 9.32. The summed E-state index contributed by atoms with van der Waals surface area (Å²) in [6.07, 6.45) is 10.7. The second kappa shape index (κ2) is 15.3. The molecule has 0 aliphatic carbocycles. The molecule has 1 N–H and O–H groups in total. The third-order valence-corrected chi connectivity index (χ3v) is 6.00. The van der Waals surface area contributed by atoms with Crippen LogP contribution >= 0.6 is 0 Å². The van der Waals surface area contributed by atoms with Gasteiger partial charge in [-0.15, -0.1) is 0 Å². The van der Waals surface area contributed by atoms with Gasteiger partial charge >= 0.3 is 11.7 Å². The van der Waals surface area contributed by atoms with Gasteiger partial charge in [-0.05, 0) is 25.3 Å². The van der Waals surface area contributed by atoms with Crippen molar-refractivity contribution in [1.82, 2.24) is 9.55 Å². The predicted molar refractivity (Wildman–Crippen MR) is 127 cm³/mol. The number of nitrogens with one attached hydrogen (secondary N) is 1. The van der Waals surface area contributed by atoms with Gasteiger partial charge in [0, 0.05) is 43.2 Å². The van der Waals surface area contributed by atoms with E-state index in [4.69, 9.17) is 19.7 Å². The van der Waals surface area contributed by atoms with E-state index in [1.165, 1.54) is 42.9 Å². The van der Waals surface area contributed by atoms with Gasteiger partial charge in [0.25, 0.3) is 5.56 Å². The fourth-order valence-electron chi connectivity index (χ4n) is 4.02. The fraction of sp³-hybridized carbons (Fsp3) is 0.783. The number of unbranched alkanes of at least 4 members (excludes halogenated alkanes) is 8.